The highest BCUT2D eigenvalue weighted by atomic mass is 35.5. The van der Waals surface area contributed by atoms with Gasteiger partial charge in [-0.3, -0.25) is 10.1 Å². The third kappa shape index (κ3) is 2.03. The van der Waals surface area contributed by atoms with Gasteiger partial charge in [-0.05, 0) is 13.8 Å². The molecule has 0 aliphatic rings. The summed E-state index contributed by atoms with van der Waals surface area (Å²) in [6, 6.07) is 0. The van der Waals surface area contributed by atoms with Gasteiger partial charge < -0.3 is 0 Å². The van der Waals surface area contributed by atoms with E-state index in [1.807, 2.05) is 13.8 Å². The van der Waals surface area contributed by atoms with Gasteiger partial charge in [0.2, 0.25) is 16.8 Å². The average Bonchev–Trinajstić information content (AvgIpc) is 2.69. The van der Waals surface area contributed by atoms with Crippen LogP contribution in [0, 0.1) is 13.8 Å². The number of aromatic nitrogens is 3. The molecule has 2 aromatic heterocycles. The Morgan fingerprint density at radius 2 is 2.31 bits per heavy atom. The van der Waals surface area contributed by atoms with Crippen LogP contribution in [0.5, 0.6) is 0 Å². The van der Waals surface area contributed by atoms with Crippen molar-refractivity contribution in [3.05, 3.63) is 10.6 Å². The van der Waals surface area contributed by atoms with E-state index >= 15 is 0 Å². The first-order chi connectivity index (χ1) is 7.61. The van der Waals surface area contributed by atoms with E-state index in [0.717, 1.165) is 10.7 Å². The van der Waals surface area contributed by atoms with Crippen molar-refractivity contribution in [1.82, 2.24) is 14.6 Å². The van der Waals surface area contributed by atoms with Crippen LogP contribution in [-0.2, 0) is 4.79 Å². The predicted molar refractivity (Wildman–Crippen MR) is 64.3 cm³/mol. The number of nitrogens with one attached hydrogen (secondary N) is 1. The van der Waals surface area contributed by atoms with Gasteiger partial charge >= 0.3 is 0 Å². The Kier molecular flexibility index (Phi) is 3.11. The first-order valence-electron chi connectivity index (χ1n) is 4.80. The van der Waals surface area contributed by atoms with Crippen LogP contribution in [0.3, 0.4) is 0 Å². The zero-order valence-electron chi connectivity index (χ0n) is 8.95. The number of rotatable bonds is 3. The summed E-state index contributed by atoms with van der Waals surface area (Å²) in [5, 5.41) is 6.80. The number of carbonyl (C=O) groups excluding carboxylic acids is 1. The predicted octanol–water partition coefficient (Wildman–Crippen LogP) is 1.98. The van der Waals surface area contributed by atoms with Gasteiger partial charge in [-0.25, -0.2) is 4.52 Å². The highest BCUT2D eigenvalue weighted by Crippen LogP contribution is 2.21. The molecule has 0 saturated carbocycles. The van der Waals surface area contributed by atoms with Crippen LogP contribution in [0.1, 0.15) is 17.0 Å². The minimum Gasteiger partial charge on any atom is -0.293 e. The summed E-state index contributed by atoms with van der Waals surface area (Å²) in [6.45, 7) is 3.99. The zero-order valence-corrected chi connectivity index (χ0v) is 10.5. The van der Waals surface area contributed by atoms with Crippen molar-refractivity contribution in [1.29, 1.82) is 0 Å². The normalized spacial score (nSPS) is 10.9. The van der Waals surface area contributed by atoms with Crippen molar-refractivity contribution in [3.63, 3.8) is 0 Å². The fraction of sp³-hybridized carbons (Fsp3) is 0.444. The molecule has 0 aliphatic heterocycles. The molecule has 0 atom stereocenters. The number of thiazole rings is 1. The number of amides is 1. The summed E-state index contributed by atoms with van der Waals surface area (Å²) in [6.07, 6.45) is 0.270. The lowest BCUT2D eigenvalue weighted by Crippen LogP contribution is -2.12. The molecule has 2 aromatic rings. The fourth-order valence-electron chi connectivity index (χ4n) is 1.27. The quantitative estimate of drug-likeness (QED) is 0.857. The van der Waals surface area contributed by atoms with Crippen molar-refractivity contribution in [2.75, 3.05) is 11.2 Å². The SMILES string of the molecule is Cc1sc2nc(NC(=O)CCCl)nn2c1C. The summed E-state index contributed by atoms with van der Waals surface area (Å²) in [7, 11) is 0. The second-order valence-corrected chi connectivity index (χ2v) is 4.92. The van der Waals surface area contributed by atoms with Crippen LogP contribution in [0.15, 0.2) is 0 Å². The number of carbonyl (C=O) groups is 1. The third-order valence-corrected chi connectivity index (χ3v) is 3.46. The highest BCUT2D eigenvalue weighted by Gasteiger charge is 2.11. The molecule has 5 nitrogen and oxygen atoms in total. The molecule has 1 N–H and O–H groups in total. The second-order valence-electron chi connectivity index (χ2n) is 3.36. The van der Waals surface area contributed by atoms with E-state index in [1.165, 1.54) is 4.88 Å². The molecule has 2 heterocycles. The molecule has 0 unspecified atom stereocenters. The summed E-state index contributed by atoms with van der Waals surface area (Å²) in [5.41, 5.74) is 1.05. The molecule has 0 radical (unpaired) electrons. The number of hydrogen-bond donors (Lipinski definition) is 1. The standard InChI is InChI=1S/C9H11ClN4OS/c1-5-6(2)16-9-12-8(13-14(5)9)11-7(15)3-4-10/h3-4H2,1-2H3,(H,11,13,15). The Bertz CT molecular complexity index is 533. The Morgan fingerprint density at radius 1 is 1.56 bits per heavy atom. The van der Waals surface area contributed by atoms with Crippen LogP contribution in [0.25, 0.3) is 4.96 Å². The van der Waals surface area contributed by atoms with E-state index < -0.39 is 0 Å². The lowest BCUT2D eigenvalue weighted by atomic mass is 10.4. The Hall–Kier alpha value is -1.14. The zero-order chi connectivity index (χ0) is 11.7. The first-order valence-corrected chi connectivity index (χ1v) is 6.15. The van der Waals surface area contributed by atoms with E-state index in [4.69, 9.17) is 11.6 Å². The summed E-state index contributed by atoms with van der Waals surface area (Å²) in [5.74, 6) is 0.471. The molecule has 0 aliphatic carbocycles. The van der Waals surface area contributed by atoms with Gasteiger partial charge in [-0.1, -0.05) is 11.3 Å². The smallest absolute Gasteiger partial charge is 0.250 e. The minimum atomic E-state index is -0.164. The van der Waals surface area contributed by atoms with Crippen LogP contribution in [0.4, 0.5) is 5.95 Å². The molecule has 1 amide bonds. The largest absolute Gasteiger partial charge is 0.293 e. The second kappa shape index (κ2) is 4.39. The maximum absolute atomic E-state index is 11.3. The number of nitrogens with zero attached hydrogens (tertiary/aromatic N) is 3. The Labute approximate surface area is 101 Å². The summed E-state index contributed by atoms with van der Waals surface area (Å²) >= 11 is 7.01. The minimum absolute atomic E-state index is 0.164. The molecule has 16 heavy (non-hydrogen) atoms. The van der Waals surface area contributed by atoms with Gasteiger partial charge in [-0.15, -0.1) is 16.7 Å². The van der Waals surface area contributed by atoms with Gasteiger partial charge in [0.1, 0.15) is 0 Å². The molecular weight excluding hydrogens is 248 g/mol. The van der Waals surface area contributed by atoms with E-state index in [1.54, 1.807) is 15.9 Å². The van der Waals surface area contributed by atoms with E-state index in [2.05, 4.69) is 15.4 Å². The maximum Gasteiger partial charge on any atom is 0.250 e. The van der Waals surface area contributed by atoms with Crippen molar-refractivity contribution in [2.45, 2.75) is 20.3 Å². The van der Waals surface area contributed by atoms with Crippen LogP contribution >= 0.6 is 22.9 Å². The molecule has 0 bridgehead atoms. The molecule has 7 heteroatoms. The maximum atomic E-state index is 11.3. The van der Waals surface area contributed by atoms with Gasteiger partial charge in [0, 0.05) is 17.2 Å². The van der Waals surface area contributed by atoms with Crippen molar-refractivity contribution in [3.8, 4) is 0 Å². The molecule has 86 valence electrons. The number of halogens is 1. The van der Waals surface area contributed by atoms with Gasteiger partial charge in [-0.2, -0.15) is 4.98 Å². The topological polar surface area (TPSA) is 59.3 Å². The van der Waals surface area contributed by atoms with E-state index in [-0.39, 0.29) is 12.3 Å². The molecule has 0 spiro atoms. The number of alkyl halides is 1. The summed E-state index contributed by atoms with van der Waals surface area (Å²) < 4.78 is 1.73. The molecule has 0 fully saturated rings. The van der Waals surface area contributed by atoms with Crippen molar-refractivity contribution in [2.24, 2.45) is 0 Å². The Morgan fingerprint density at radius 3 is 2.94 bits per heavy atom. The average molecular weight is 259 g/mol. The molecule has 0 saturated heterocycles. The van der Waals surface area contributed by atoms with Crippen LogP contribution in [-0.4, -0.2) is 26.4 Å². The molecular formula is C9H11ClN4OS. The fourth-order valence-corrected chi connectivity index (χ4v) is 2.34. The summed E-state index contributed by atoms with van der Waals surface area (Å²) in [4.78, 5) is 17.5. The van der Waals surface area contributed by atoms with E-state index in [9.17, 15) is 4.79 Å². The monoisotopic (exact) mass is 258 g/mol. The van der Waals surface area contributed by atoms with Crippen molar-refractivity contribution < 1.29 is 4.79 Å². The van der Waals surface area contributed by atoms with E-state index in [0.29, 0.717) is 11.8 Å². The number of fused-ring (bicyclic) bond motifs is 1. The highest BCUT2D eigenvalue weighted by molar-refractivity contribution is 7.17. The third-order valence-electron chi connectivity index (χ3n) is 2.22. The molecule has 0 aromatic carbocycles. The lowest BCUT2D eigenvalue weighted by Gasteiger charge is -1.96. The van der Waals surface area contributed by atoms with Crippen LogP contribution < -0.4 is 5.32 Å². The van der Waals surface area contributed by atoms with Gasteiger partial charge in [0.25, 0.3) is 0 Å². The Balaban J connectivity index is 2.24. The first kappa shape index (κ1) is 11.3. The van der Waals surface area contributed by atoms with Gasteiger partial charge in [0.15, 0.2) is 0 Å². The molecule has 2 rings (SSSR count). The number of anilines is 1. The van der Waals surface area contributed by atoms with Crippen molar-refractivity contribution >= 4 is 39.8 Å². The lowest BCUT2D eigenvalue weighted by molar-refractivity contribution is -0.115. The van der Waals surface area contributed by atoms with Crippen LogP contribution in [0.2, 0.25) is 0 Å². The number of hydrogen-bond acceptors (Lipinski definition) is 4. The number of aryl methyl sites for hydroxylation is 2. The van der Waals surface area contributed by atoms with Gasteiger partial charge in [0.05, 0.1) is 5.69 Å².